The summed E-state index contributed by atoms with van der Waals surface area (Å²) in [5, 5.41) is 10.7. The van der Waals surface area contributed by atoms with Crippen LogP contribution in [0.3, 0.4) is 0 Å². The third-order valence-electron chi connectivity index (χ3n) is 0.789. The predicted molar refractivity (Wildman–Crippen MR) is 31.0 cm³/mol. The van der Waals surface area contributed by atoms with E-state index in [9.17, 15) is 5.21 Å². The summed E-state index contributed by atoms with van der Waals surface area (Å²) in [6.07, 6.45) is 1.38. The van der Waals surface area contributed by atoms with Gasteiger partial charge in [-0.1, -0.05) is 6.07 Å². The summed E-state index contributed by atoms with van der Waals surface area (Å²) < 4.78 is 0.648. The van der Waals surface area contributed by atoms with Crippen molar-refractivity contribution in [2.75, 3.05) is 0 Å². The van der Waals surface area contributed by atoms with E-state index in [-0.39, 0.29) is 19.5 Å². The smallest absolute Gasteiger partial charge is 0.178 e. The Morgan fingerprint density at radius 2 is 2.11 bits per heavy atom. The summed E-state index contributed by atoms with van der Waals surface area (Å²) in [5.74, 6) is 0. The molecule has 0 radical (unpaired) electrons. The Kier molecular flexibility index (Phi) is 3.66. The maximum atomic E-state index is 10.4. The number of pyridine rings is 1. The predicted octanol–water partition coefficient (Wildman–Crippen LogP) is 0.223. The number of rotatable bonds is 0. The first-order valence-corrected chi connectivity index (χ1v) is 2.57. The summed E-state index contributed by atoms with van der Waals surface area (Å²) >= 11 is 4.60. The molecule has 1 heterocycles. The molecule has 0 N–H and O–H groups in total. The van der Waals surface area contributed by atoms with Crippen molar-refractivity contribution < 1.29 is 24.2 Å². The Morgan fingerprint density at radius 3 is 2.44 bits per heavy atom. The molecule has 1 aromatic rings. The monoisotopic (exact) mass is 190 g/mol. The molecule has 0 aromatic carbocycles. The van der Waals surface area contributed by atoms with Crippen LogP contribution in [-0.4, -0.2) is 0 Å². The molecule has 2 nitrogen and oxygen atoms in total. The first-order valence-electron chi connectivity index (χ1n) is 2.16. The van der Waals surface area contributed by atoms with Crippen LogP contribution >= 0.6 is 0 Å². The van der Waals surface area contributed by atoms with E-state index < -0.39 is 0 Å². The first kappa shape index (κ1) is 8.79. The van der Waals surface area contributed by atoms with Gasteiger partial charge in [-0.2, -0.15) is 4.73 Å². The van der Waals surface area contributed by atoms with Crippen LogP contribution in [0, 0.1) is 5.21 Å². The van der Waals surface area contributed by atoms with Crippen LogP contribution in [0.4, 0.5) is 0 Å². The third kappa shape index (κ3) is 2.25. The van der Waals surface area contributed by atoms with Gasteiger partial charge >= 0.3 is 0 Å². The first-order chi connectivity index (χ1) is 3.80. The topological polar surface area (TPSA) is 26.9 Å². The largest absolute Gasteiger partial charge is 0.709 e. The van der Waals surface area contributed by atoms with Crippen LogP contribution in [0.25, 0.3) is 0 Å². The Hall–Kier alpha value is -0.207. The maximum absolute atomic E-state index is 10.4. The van der Waals surface area contributed by atoms with Gasteiger partial charge in [0, 0.05) is 25.5 Å². The maximum Gasteiger partial charge on any atom is 0.178 e. The van der Waals surface area contributed by atoms with E-state index in [1.165, 1.54) is 6.20 Å². The Balaban J connectivity index is 0.000000640. The molecular formula is C5H4NOSZn-. The van der Waals surface area contributed by atoms with Crippen molar-refractivity contribution >= 4 is 12.6 Å². The molecule has 0 aliphatic rings. The van der Waals surface area contributed by atoms with Crippen LogP contribution in [0.5, 0.6) is 0 Å². The Bertz CT molecular complexity index is 173. The van der Waals surface area contributed by atoms with Crippen molar-refractivity contribution in [3.63, 3.8) is 0 Å². The molecule has 0 spiro atoms. The zero-order valence-electron chi connectivity index (χ0n) is 4.78. The number of hydrogen-bond acceptors (Lipinski definition) is 2. The van der Waals surface area contributed by atoms with Gasteiger partial charge < -0.3 is 17.8 Å². The molecule has 0 atom stereocenters. The van der Waals surface area contributed by atoms with E-state index in [1.807, 2.05) is 0 Å². The summed E-state index contributed by atoms with van der Waals surface area (Å²) in [6.45, 7) is 0. The molecule has 0 aliphatic heterocycles. The second kappa shape index (κ2) is 3.75. The summed E-state index contributed by atoms with van der Waals surface area (Å²) in [5.41, 5.74) is 0. The number of nitrogens with zero attached hydrogens (tertiary/aromatic N) is 1. The molecule has 0 unspecified atom stereocenters. The molecule has 0 bridgehead atoms. The van der Waals surface area contributed by atoms with Crippen molar-refractivity contribution in [3.8, 4) is 0 Å². The standard InChI is InChI=1S/C5H5NOS.Zn/c7-6-4-2-1-3-5(6)8;/h1-4,8H;/p-1. The van der Waals surface area contributed by atoms with E-state index in [1.54, 1.807) is 18.2 Å². The van der Waals surface area contributed by atoms with Gasteiger partial charge in [0.25, 0.3) is 0 Å². The Labute approximate surface area is 71.6 Å². The van der Waals surface area contributed by atoms with Crippen LogP contribution < -0.4 is 4.73 Å². The van der Waals surface area contributed by atoms with Gasteiger partial charge in [-0.05, 0) is 6.07 Å². The summed E-state index contributed by atoms with van der Waals surface area (Å²) in [4.78, 5) is 0. The Morgan fingerprint density at radius 1 is 1.44 bits per heavy atom. The average molecular weight is 192 g/mol. The molecule has 0 fully saturated rings. The summed E-state index contributed by atoms with van der Waals surface area (Å²) in [7, 11) is 0. The van der Waals surface area contributed by atoms with Crippen molar-refractivity contribution in [2.45, 2.75) is 5.03 Å². The van der Waals surface area contributed by atoms with E-state index in [2.05, 4.69) is 12.6 Å². The molecule has 0 aliphatic carbocycles. The van der Waals surface area contributed by atoms with Crippen LogP contribution in [0.15, 0.2) is 29.4 Å². The molecule has 0 amide bonds. The van der Waals surface area contributed by atoms with Gasteiger partial charge in [0.15, 0.2) is 6.20 Å². The van der Waals surface area contributed by atoms with Crippen molar-refractivity contribution in [1.29, 1.82) is 0 Å². The van der Waals surface area contributed by atoms with E-state index >= 15 is 0 Å². The molecule has 0 saturated carbocycles. The van der Waals surface area contributed by atoms with Crippen LogP contribution in [0.2, 0.25) is 0 Å². The fourth-order valence-electron chi connectivity index (χ4n) is 0.413. The van der Waals surface area contributed by atoms with Gasteiger partial charge in [-0.25, -0.2) is 0 Å². The molecule has 9 heavy (non-hydrogen) atoms. The minimum atomic E-state index is 0. The molecule has 1 aromatic heterocycles. The van der Waals surface area contributed by atoms with Crippen molar-refractivity contribution in [2.24, 2.45) is 0 Å². The second-order valence-electron chi connectivity index (χ2n) is 1.36. The van der Waals surface area contributed by atoms with Gasteiger partial charge in [0.1, 0.15) is 0 Å². The number of aromatic nitrogens is 1. The van der Waals surface area contributed by atoms with Gasteiger partial charge in [0.2, 0.25) is 0 Å². The van der Waals surface area contributed by atoms with Gasteiger partial charge in [-0.15, -0.1) is 0 Å². The van der Waals surface area contributed by atoms with Gasteiger partial charge in [0.05, 0.1) is 5.03 Å². The molecular weight excluding hydrogens is 188 g/mol. The number of hydrogen-bond donors (Lipinski definition) is 0. The van der Waals surface area contributed by atoms with Crippen LogP contribution in [-0.2, 0) is 32.1 Å². The van der Waals surface area contributed by atoms with Crippen molar-refractivity contribution in [1.82, 2.24) is 0 Å². The van der Waals surface area contributed by atoms with Crippen LogP contribution in [0.1, 0.15) is 0 Å². The summed E-state index contributed by atoms with van der Waals surface area (Å²) in [6, 6.07) is 4.96. The minimum absolute atomic E-state index is 0. The zero-order valence-corrected chi connectivity index (χ0v) is 8.56. The fraction of sp³-hybridized carbons (Fsp3) is 0. The van der Waals surface area contributed by atoms with E-state index in [0.717, 1.165) is 0 Å². The second-order valence-corrected chi connectivity index (χ2v) is 1.78. The fourth-order valence-corrected chi connectivity index (χ4v) is 0.552. The SMILES string of the molecule is [O-][n+]1ccccc1[S-].[Zn]. The quantitative estimate of drug-likeness (QED) is 0.254. The van der Waals surface area contributed by atoms with E-state index in [0.29, 0.717) is 9.76 Å². The minimum Gasteiger partial charge on any atom is -0.709 e. The molecule has 1 rings (SSSR count). The molecule has 4 heteroatoms. The van der Waals surface area contributed by atoms with Crippen molar-refractivity contribution in [3.05, 3.63) is 29.6 Å². The molecule has 44 valence electrons. The van der Waals surface area contributed by atoms with E-state index in [4.69, 9.17) is 0 Å². The average Bonchev–Trinajstić information content (AvgIpc) is 1.77. The zero-order chi connectivity index (χ0) is 5.98. The normalized spacial score (nSPS) is 8.00. The third-order valence-corrected chi connectivity index (χ3v) is 1.10. The van der Waals surface area contributed by atoms with Gasteiger partial charge in [-0.3, -0.25) is 0 Å². The molecule has 0 saturated heterocycles.